The molecule has 0 saturated heterocycles. The van der Waals surface area contributed by atoms with Crippen molar-refractivity contribution in [2.45, 2.75) is 19.9 Å². The molecular formula is C16H16N2O2. The number of nitrogens with zero attached hydrogens (tertiary/aromatic N) is 2. The molecule has 0 aliphatic heterocycles. The second kappa shape index (κ2) is 6.69. The predicted octanol–water partition coefficient (Wildman–Crippen LogP) is 1.33. The first-order chi connectivity index (χ1) is 9.69. The van der Waals surface area contributed by atoms with Gasteiger partial charge in [-0.25, -0.2) is 9.78 Å². The van der Waals surface area contributed by atoms with Gasteiger partial charge in [-0.1, -0.05) is 24.0 Å². The highest BCUT2D eigenvalue weighted by Gasteiger charge is 1.99. The average molecular weight is 268 g/mol. The van der Waals surface area contributed by atoms with Crippen molar-refractivity contribution in [3.63, 3.8) is 0 Å². The summed E-state index contributed by atoms with van der Waals surface area (Å²) < 4.78 is 1.59. The number of aryl methyl sites for hydroxylation is 1. The fourth-order valence-electron chi connectivity index (χ4n) is 1.79. The number of aromatic nitrogens is 2. The Kier molecular flexibility index (Phi) is 4.70. The maximum absolute atomic E-state index is 11.6. The summed E-state index contributed by atoms with van der Waals surface area (Å²) in [6, 6.07) is 7.71. The fraction of sp³-hybridized carbons (Fsp3) is 0.250. The van der Waals surface area contributed by atoms with Gasteiger partial charge in [-0.3, -0.25) is 4.57 Å². The Morgan fingerprint density at radius 1 is 1.30 bits per heavy atom. The van der Waals surface area contributed by atoms with Crippen LogP contribution in [0, 0.1) is 18.8 Å². The number of benzene rings is 1. The van der Waals surface area contributed by atoms with Crippen LogP contribution >= 0.6 is 0 Å². The monoisotopic (exact) mass is 268 g/mol. The lowest BCUT2D eigenvalue weighted by molar-refractivity contribution is 0.305. The minimum Gasteiger partial charge on any atom is -0.395 e. The molecule has 1 aromatic heterocycles. The quantitative estimate of drug-likeness (QED) is 0.855. The van der Waals surface area contributed by atoms with Crippen molar-refractivity contribution in [2.24, 2.45) is 0 Å². The lowest BCUT2D eigenvalue weighted by Gasteiger charge is -2.05. The predicted molar refractivity (Wildman–Crippen MR) is 77.4 cm³/mol. The molecule has 0 radical (unpaired) electrons. The van der Waals surface area contributed by atoms with Crippen molar-refractivity contribution in [2.75, 3.05) is 6.61 Å². The lowest BCUT2D eigenvalue weighted by atomic mass is 10.1. The number of hydrogen-bond acceptors (Lipinski definition) is 3. The zero-order valence-electron chi connectivity index (χ0n) is 11.3. The van der Waals surface area contributed by atoms with Crippen LogP contribution in [0.2, 0.25) is 0 Å². The Hall–Kier alpha value is -2.38. The molecule has 0 fully saturated rings. The van der Waals surface area contributed by atoms with Gasteiger partial charge in [-0.2, -0.15) is 0 Å². The van der Waals surface area contributed by atoms with Crippen LogP contribution in [-0.2, 0) is 6.54 Å². The third-order valence-corrected chi connectivity index (χ3v) is 2.76. The third kappa shape index (κ3) is 3.81. The van der Waals surface area contributed by atoms with E-state index in [0.29, 0.717) is 13.0 Å². The molecule has 0 spiro atoms. The molecule has 20 heavy (non-hydrogen) atoms. The van der Waals surface area contributed by atoms with Gasteiger partial charge in [0.25, 0.3) is 0 Å². The molecule has 1 N–H and O–H groups in total. The first-order valence-electron chi connectivity index (χ1n) is 6.41. The standard InChI is InChI=1S/C16H16N2O2/c1-13-10-17-16(20)18(11-13)12-15-7-5-14(6-8-15)4-2-3-9-19/h5-8,10-11,19H,3,9,12H2,1H3. The number of hydrogen-bond donors (Lipinski definition) is 1. The van der Waals surface area contributed by atoms with E-state index in [1.807, 2.05) is 31.2 Å². The van der Waals surface area contributed by atoms with E-state index >= 15 is 0 Å². The van der Waals surface area contributed by atoms with Gasteiger partial charge in [-0.15, -0.1) is 0 Å². The highest BCUT2D eigenvalue weighted by atomic mass is 16.2. The van der Waals surface area contributed by atoms with Crippen molar-refractivity contribution in [3.8, 4) is 11.8 Å². The van der Waals surface area contributed by atoms with Gasteiger partial charge < -0.3 is 5.11 Å². The van der Waals surface area contributed by atoms with Crippen LogP contribution in [0.5, 0.6) is 0 Å². The molecule has 2 rings (SSSR count). The Balaban J connectivity index is 2.13. The molecule has 0 saturated carbocycles. The van der Waals surface area contributed by atoms with Crippen LogP contribution in [0.25, 0.3) is 0 Å². The van der Waals surface area contributed by atoms with E-state index < -0.39 is 0 Å². The molecule has 0 aliphatic carbocycles. The summed E-state index contributed by atoms with van der Waals surface area (Å²) >= 11 is 0. The molecule has 102 valence electrons. The highest BCUT2D eigenvalue weighted by Crippen LogP contribution is 2.05. The third-order valence-electron chi connectivity index (χ3n) is 2.76. The van der Waals surface area contributed by atoms with Crippen molar-refractivity contribution >= 4 is 0 Å². The first kappa shape index (κ1) is 14.0. The summed E-state index contributed by atoms with van der Waals surface area (Å²) in [6.45, 7) is 2.48. The van der Waals surface area contributed by atoms with E-state index in [1.165, 1.54) is 0 Å². The first-order valence-corrected chi connectivity index (χ1v) is 6.41. The largest absolute Gasteiger partial charge is 0.395 e. The van der Waals surface area contributed by atoms with E-state index in [2.05, 4.69) is 16.8 Å². The van der Waals surface area contributed by atoms with E-state index in [0.717, 1.165) is 16.7 Å². The minimum absolute atomic E-state index is 0.0777. The Morgan fingerprint density at radius 3 is 2.75 bits per heavy atom. The molecular weight excluding hydrogens is 252 g/mol. The van der Waals surface area contributed by atoms with Crippen LogP contribution in [0.15, 0.2) is 41.5 Å². The maximum atomic E-state index is 11.6. The van der Waals surface area contributed by atoms with Gasteiger partial charge in [0.1, 0.15) is 0 Å². The van der Waals surface area contributed by atoms with Gasteiger partial charge >= 0.3 is 5.69 Å². The van der Waals surface area contributed by atoms with Crippen LogP contribution in [0.4, 0.5) is 0 Å². The average Bonchev–Trinajstić information content (AvgIpc) is 2.45. The Labute approximate surface area is 117 Å². The van der Waals surface area contributed by atoms with Gasteiger partial charge in [0.15, 0.2) is 0 Å². The van der Waals surface area contributed by atoms with Gasteiger partial charge in [0, 0.05) is 24.4 Å². The summed E-state index contributed by atoms with van der Waals surface area (Å²) in [4.78, 5) is 15.4. The van der Waals surface area contributed by atoms with Gasteiger partial charge in [0.05, 0.1) is 13.2 Å². The Morgan fingerprint density at radius 2 is 2.05 bits per heavy atom. The molecule has 0 atom stereocenters. The van der Waals surface area contributed by atoms with Crippen molar-refractivity contribution in [1.29, 1.82) is 0 Å². The minimum atomic E-state index is -0.248. The van der Waals surface area contributed by atoms with E-state index in [-0.39, 0.29) is 12.3 Å². The maximum Gasteiger partial charge on any atom is 0.347 e. The number of rotatable bonds is 3. The van der Waals surface area contributed by atoms with Gasteiger partial charge in [-0.05, 0) is 30.2 Å². The van der Waals surface area contributed by atoms with Crippen LogP contribution in [0.3, 0.4) is 0 Å². The van der Waals surface area contributed by atoms with Crippen LogP contribution < -0.4 is 5.69 Å². The van der Waals surface area contributed by atoms with Crippen LogP contribution in [0.1, 0.15) is 23.1 Å². The Bertz CT molecular complexity index is 691. The molecule has 4 heteroatoms. The summed E-state index contributed by atoms with van der Waals surface area (Å²) in [5, 5.41) is 8.66. The summed E-state index contributed by atoms with van der Waals surface area (Å²) in [5.74, 6) is 5.84. The molecule has 1 aromatic carbocycles. The van der Waals surface area contributed by atoms with Crippen molar-refractivity contribution in [3.05, 3.63) is 63.8 Å². The second-order valence-electron chi connectivity index (χ2n) is 4.51. The molecule has 1 heterocycles. The van der Waals surface area contributed by atoms with Gasteiger partial charge in [0.2, 0.25) is 0 Å². The zero-order chi connectivity index (χ0) is 14.4. The zero-order valence-corrected chi connectivity index (χ0v) is 11.3. The molecule has 0 bridgehead atoms. The second-order valence-corrected chi connectivity index (χ2v) is 4.51. The lowest BCUT2D eigenvalue weighted by Crippen LogP contribution is -2.22. The summed E-state index contributed by atoms with van der Waals surface area (Å²) in [7, 11) is 0. The van der Waals surface area contributed by atoms with E-state index in [9.17, 15) is 4.79 Å². The molecule has 0 aliphatic rings. The summed E-state index contributed by atoms with van der Waals surface area (Å²) in [6.07, 6.45) is 3.84. The van der Waals surface area contributed by atoms with Crippen molar-refractivity contribution < 1.29 is 5.11 Å². The fourth-order valence-corrected chi connectivity index (χ4v) is 1.79. The molecule has 4 nitrogen and oxygen atoms in total. The summed E-state index contributed by atoms with van der Waals surface area (Å²) in [5.41, 5.74) is 2.63. The van der Waals surface area contributed by atoms with Crippen LogP contribution in [-0.4, -0.2) is 21.3 Å². The molecule has 0 unspecified atom stereocenters. The molecule has 0 amide bonds. The normalized spacial score (nSPS) is 9.90. The smallest absolute Gasteiger partial charge is 0.347 e. The van der Waals surface area contributed by atoms with E-state index in [4.69, 9.17) is 5.11 Å². The topological polar surface area (TPSA) is 55.1 Å². The number of aliphatic hydroxyl groups excluding tert-OH is 1. The number of aliphatic hydroxyl groups is 1. The van der Waals surface area contributed by atoms with Crippen molar-refractivity contribution in [1.82, 2.24) is 9.55 Å². The highest BCUT2D eigenvalue weighted by molar-refractivity contribution is 5.36. The SMILES string of the molecule is Cc1cnc(=O)n(Cc2ccc(C#CCCO)cc2)c1. The molecule has 2 aromatic rings. The van der Waals surface area contributed by atoms with E-state index in [1.54, 1.807) is 17.0 Å².